The predicted molar refractivity (Wildman–Crippen MR) is 73.6 cm³/mol. The van der Waals surface area contributed by atoms with Gasteiger partial charge in [0.2, 0.25) is 0 Å². The second-order valence-corrected chi connectivity index (χ2v) is 4.37. The lowest BCUT2D eigenvalue weighted by Crippen LogP contribution is -2.15. The first-order valence-electron chi connectivity index (χ1n) is 5.48. The van der Waals surface area contributed by atoms with Crippen molar-refractivity contribution in [1.82, 2.24) is 15.0 Å². The normalized spacial score (nSPS) is 10.1. The van der Waals surface area contributed by atoms with Crippen LogP contribution in [0.25, 0.3) is 0 Å². The zero-order valence-corrected chi connectivity index (χ0v) is 11.2. The molecule has 6 nitrogen and oxygen atoms in total. The van der Waals surface area contributed by atoms with Crippen LogP contribution in [0.2, 0.25) is 5.15 Å². The van der Waals surface area contributed by atoms with E-state index in [1.165, 1.54) is 12.4 Å². The van der Waals surface area contributed by atoms with Crippen LogP contribution in [0.3, 0.4) is 0 Å². The molecular formula is C12H12ClN5O. The first-order valence-corrected chi connectivity index (χ1v) is 5.86. The molecule has 0 aliphatic carbocycles. The number of hydrogen-bond donors (Lipinski definition) is 1. The fourth-order valence-corrected chi connectivity index (χ4v) is 1.52. The Bertz CT molecular complexity index is 585. The van der Waals surface area contributed by atoms with E-state index in [9.17, 15) is 4.79 Å². The lowest BCUT2D eigenvalue weighted by Gasteiger charge is -2.11. The molecule has 0 aliphatic rings. The smallest absolute Gasteiger partial charge is 0.275 e. The first kappa shape index (κ1) is 13.2. The molecule has 0 bridgehead atoms. The van der Waals surface area contributed by atoms with Gasteiger partial charge in [0, 0.05) is 14.1 Å². The van der Waals surface area contributed by atoms with Crippen LogP contribution < -0.4 is 10.2 Å². The summed E-state index contributed by atoms with van der Waals surface area (Å²) < 4.78 is 0. The van der Waals surface area contributed by atoms with Gasteiger partial charge in [-0.3, -0.25) is 9.78 Å². The van der Waals surface area contributed by atoms with E-state index in [1.807, 2.05) is 19.0 Å². The van der Waals surface area contributed by atoms with Gasteiger partial charge in [0.05, 0.1) is 24.3 Å². The Morgan fingerprint density at radius 2 is 2.05 bits per heavy atom. The van der Waals surface area contributed by atoms with E-state index >= 15 is 0 Å². The number of pyridine rings is 1. The maximum Gasteiger partial charge on any atom is 0.275 e. The van der Waals surface area contributed by atoms with Gasteiger partial charge >= 0.3 is 0 Å². The average Bonchev–Trinajstić information content (AvgIpc) is 2.39. The molecule has 0 radical (unpaired) electrons. The number of nitrogens with zero attached hydrogens (tertiary/aromatic N) is 4. The van der Waals surface area contributed by atoms with Crippen molar-refractivity contribution in [3.8, 4) is 0 Å². The molecule has 98 valence electrons. The molecule has 19 heavy (non-hydrogen) atoms. The molecule has 0 unspecified atom stereocenters. The molecule has 7 heteroatoms. The van der Waals surface area contributed by atoms with Crippen LogP contribution in [0.15, 0.2) is 30.7 Å². The van der Waals surface area contributed by atoms with Crippen molar-refractivity contribution in [2.75, 3.05) is 24.3 Å². The fraction of sp³-hybridized carbons (Fsp3) is 0.167. The van der Waals surface area contributed by atoms with E-state index in [-0.39, 0.29) is 16.8 Å². The number of halogens is 1. The second-order valence-electron chi connectivity index (χ2n) is 3.98. The predicted octanol–water partition coefficient (Wildman–Crippen LogP) is 1.84. The number of anilines is 2. The molecule has 0 aliphatic heterocycles. The third kappa shape index (κ3) is 3.38. The van der Waals surface area contributed by atoms with Crippen LogP contribution >= 0.6 is 11.6 Å². The summed E-state index contributed by atoms with van der Waals surface area (Å²) in [6.07, 6.45) is 4.29. The molecule has 1 amide bonds. The molecular weight excluding hydrogens is 266 g/mol. The van der Waals surface area contributed by atoms with Gasteiger partial charge in [-0.05, 0) is 12.1 Å². The highest BCUT2D eigenvalue weighted by Crippen LogP contribution is 2.12. The summed E-state index contributed by atoms with van der Waals surface area (Å²) in [7, 11) is 3.78. The second kappa shape index (κ2) is 5.62. The zero-order chi connectivity index (χ0) is 13.8. The summed E-state index contributed by atoms with van der Waals surface area (Å²) in [4.78, 5) is 25.6. The fourth-order valence-electron chi connectivity index (χ4n) is 1.37. The Hall–Kier alpha value is -2.21. The van der Waals surface area contributed by atoms with E-state index in [1.54, 1.807) is 18.3 Å². The van der Waals surface area contributed by atoms with Gasteiger partial charge in [0.1, 0.15) is 16.7 Å². The lowest BCUT2D eigenvalue weighted by atomic mass is 10.3. The highest BCUT2D eigenvalue weighted by atomic mass is 35.5. The Morgan fingerprint density at radius 1 is 1.26 bits per heavy atom. The molecule has 1 N–H and O–H groups in total. The van der Waals surface area contributed by atoms with Crippen LogP contribution in [0.1, 0.15) is 10.5 Å². The quantitative estimate of drug-likeness (QED) is 0.927. The van der Waals surface area contributed by atoms with Crippen molar-refractivity contribution < 1.29 is 4.79 Å². The largest absolute Gasteiger partial charge is 0.363 e. The number of carbonyl (C=O) groups is 1. The van der Waals surface area contributed by atoms with Crippen LogP contribution in [0.4, 0.5) is 11.5 Å². The van der Waals surface area contributed by atoms with Crippen LogP contribution in [0, 0.1) is 0 Å². The maximum atomic E-state index is 11.9. The minimum atomic E-state index is -0.380. The summed E-state index contributed by atoms with van der Waals surface area (Å²) in [5.74, 6) is 0.426. The van der Waals surface area contributed by atoms with Crippen molar-refractivity contribution in [3.63, 3.8) is 0 Å². The van der Waals surface area contributed by atoms with Gasteiger partial charge in [-0.15, -0.1) is 0 Å². The number of hydrogen-bond acceptors (Lipinski definition) is 5. The third-order valence-corrected chi connectivity index (χ3v) is 2.48. The highest BCUT2D eigenvalue weighted by molar-refractivity contribution is 6.29. The van der Waals surface area contributed by atoms with Gasteiger partial charge in [-0.25, -0.2) is 9.97 Å². The minimum absolute atomic E-state index is 0.157. The Balaban J connectivity index is 2.10. The van der Waals surface area contributed by atoms with Gasteiger partial charge in [-0.2, -0.15) is 0 Å². The molecule has 0 atom stereocenters. The Labute approximate surface area is 115 Å². The minimum Gasteiger partial charge on any atom is -0.363 e. The number of aromatic nitrogens is 3. The van der Waals surface area contributed by atoms with Gasteiger partial charge in [0.25, 0.3) is 5.91 Å². The summed E-state index contributed by atoms with van der Waals surface area (Å²) >= 11 is 5.68. The molecule has 0 aromatic carbocycles. The Morgan fingerprint density at radius 3 is 2.63 bits per heavy atom. The Kier molecular flexibility index (Phi) is 3.91. The molecule has 2 heterocycles. The van der Waals surface area contributed by atoms with E-state index in [0.717, 1.165) is 5.82 Å². The SMILES string of the molecule is CN(C)c1ccc(NC(=O)c2cncc(Cl)n2)cn1. The van der Waals surface area contributed by atoms with Crippen molar-refractivity contribution in [3.05, 3.63) is 41.6 Å². The van der Waals surface area contributed by atoms with Gasteiger partial charge in [-0.1, -0.05) is 11.6 Å². The molecule has 0 fully saturated rings. The van der Waals surface area contributed by atoms with Crippen molar-refractivity contribution in [2.45, 2.75) is 0 Å². The molecule has 0 saturated carbocycles. The topological polar surface area (TPSA) is 71.0 Å². The van der Waals surface area contributed by atoms with Crippen LogP contribution in [-0.4, -0.2) is 35.0 Å². The van der Waals surface area contributed by atoms with Gasteiger partial charge in [0.15, 0.2) is 0 Å². The number of nitrogens with one attached hydrogen (secondary N) is 1. The molecule has 2 rings (SSSR count). The van der Waals surface area contributed by atoms with Crippen molar-refractivity contribution in [1.29, 1.82) is 0 Å². The van der Waals surface area contributed by atoms with E-state index < -0.39 is 0 Å². The summed E-state index contributed by atoms with van der Waals surface area (Å²) in [6.45, 7) is 0. The maximum absolute atomic E-state index is 11.9. The summed E-state index contributed by atoms with van der Waals surface area (Å²) in [5, 5.41) is 2.85. The average molecular weight is 278 g/mol. The van der Waals surface area contributed by atoms with E-state index in [4.69, 9.17) is 11.6 Å². The van der Waals surface area contributed by atoms with Crippen molar-refractivity contribution in [2.24, 2.45) is 0 Å². The van der Waals surface area contributed by atoms with Crippen molar-refractivity contribution >= 4 is 29.0 Å². The van der Waals surface area contributed by atoms with Gasteiger partial charge < -0.3 is 10.2 Å². The zero-order valence-electron chi connectivity index (χ0n) is 10.5. The standard InChI is InChI=1S/C12H12ClN5O/c1-18(2)11-4-3-8(5-15-11)16-12(19)9-6-14-7-10(13)17-9/h3-7H,1-2H3,(H,16,19). The number of rotatable bonds is 3. The summed E-state index contributed by atoms with van der Waals surface area (Å²) in [5.41, 5.74) is 0.738. The number of carbonyl (C=O) groups excluding carboxylic acids is 1. The molecule has 0 spiro atoms. The monoisotopic (exact) mass is 277 g/mol. The third-order valence-electron chi connectivity index (χ3n) is 2.30. The van der Waals surface area contributed by atoms with Crippen LogP contribution in [0.5, 0.6) is 0 Å². The molecule has 2 aromatic heterocycles. The first-order chi connectivity index (χ1) is 9.06. The molecule has 2 aromatic rings. The van der Waals surface area contributed by atoms with E-state index in [2.05, 4.69) is 20.3 Å². The summed E-state index contributed by atoms with van der Waals surface area (Å²) in [6, 6.07) is 3.57. The highest BCUT2D eigenvalue weighted by Gasteiger charge is 2.09. The van der Waals surface area contributed by atoms with E-state index in [0.29, 0.717) is 5.69 Å². The lowest BCUT2D eigenvalue weighted by molar-refractivity contribution is 0.102. The number of amides is 1. The van der Waals surface area contributed by atoms with Crippen LogP contribution in [-0.2, 0) is 0 Å². The molecule has 0 saturated heterocycles.